The van der Waals surface area contributed by atoms with Crippen molar-refractivity contribution in [2.24, 2.45) is 0 Å². The molecule has 2 N–H and O–H groups in total. The van der Waals surface area contributed by atoms with Gasteiger partial charge in [-0.1, -0.05) is 0 Å². The Labute approximate surface area is 186 Å². The molecule has 0 radical (unpaired) electrons. The number of nitro groups is 2. The molecule has 0 aliphatic rings. The monoisotopic (exact) mass is 472 g/mol. The van der Waals surface area contributed by atoms with E-state index in [1.54, 1.807) is 19.9 Å². The first-order chi connectivity index (χ1) is 15.5. The normalized spacial score (nSPS) is 11.0. The predicted octanol–water partition coefficient (Wildman–Crippen LogP) is 2.96. The van der Waals surface area contributed by atoms with Gasteiger partial charge < -0.3 is 5.32 Å². The highest BCUT2D eigenvalue weighted by Crippen LogP contribution is 2.26. The molecule has 0 bridgehead atoms. The van der Waals surface area contributed by atoms with Crippen LogP contribution in [0.4, 0.5) is 23.0 Å². The lowest BCUT2D eigenvalue weighted by Gasteiger charge is -2.09. The van der Waals surface area contributed by atoms with E-state index in [1.165, 1.54) is 24.3 Å². The fraction of sp³-hybridized carbons (Fsp3) is 0.105. The van der Waals surface area contributed by atoms with Gasteiger partial charge in [0.2, 0.25) is 5.95 Å². The van der Waals surface area contributed by atoms with E-state index in [-0.39, 0.29) is 16.5 Å². The van der Waals surface area contributed by atoms with Crippen LogP contribution in [0, 0.1) is 34.1 Å². The molecule has 0 unspecified atom stereocenters. The van der Waals surface area contributed by atoms with E-state index in [4.69, 9.17) is 0 Å². The van der Waals surface area contributed by atoms with Gasteiger partial charge in [-0.05, 0) is 50.2 Å². The van der Waals surface area contributed by atoms with Crippen LogP contribution in [0.1, 0.15) is 21.7 Å². The molecule has 1 heterocycles. The van der Waals surface area contributed by atoms with Gasteiger partial charge in [-0.3, -0.25) is 25.0 Å². The second-order valence-corrected chi connectivity index (χ2v) is 8.46. The summed E-state index contributed by atoms with van der Waals surface area (Å²) in [4.78, 5) is 40.7. The van der Waals surface area contributed by atoms with Crippen LogP contribution in [-0.4, -0.2) is 34.1 Å². The molecule has 0 saturated carbocycles. The van der Waals surface area contributed by atoms with Crippen molar-refractivity contribution in [1.82, 2.24) is 9.97 Å². The third-order valence-corrected chi connectivity index (χ3v) is 5.61. The highest BCUT2D eigenvalue weighted by atomic mass is 32.2. The lowest BCUT2D eigenvalue weighted by atomic mass is 10.1. The molecule has 1 aromatic heterocycles. The van der Waals surface area contributed by atoms with Gasteiger partial charge >= 0.3 is 0 Å². The Kier molecular flexibility index (Phi) is 6.30. The summed E-state index contributed by atoms with van der Waals surface area (Å²) in [5.41, 5.74) is -0.353. The van der Waals surface area contributed by atoms with Crippen LogP contribution in [0.3, 0.4) is 0 Å². The van der Waals surface area contributed by atoms with Crippen molar-refractivity contribution in [2.75, 3.05) is 10.0 Å². The topological polar surface area (TPSA) is 187 Å². The van der Waals surface area contributed by atoms with Gasteiger partial charge in [-0.2, -0.15) is 0 Å². The molecule has 0 atom stereocenters. The van der Waals surface area contributed by atoms with Crippen molar-refractivity contribution in [1.29, 1.82) is 0 Å². The number of nitrogens with zero attached hydrogens (tertiary/aromatic N) is 4. The van der Waals surface area contributed by atoms with Gasteiger partial charge in [0.25, 0.3) is 27.3 Å². The number of hydrogen-bond donors (Lipinski definition) is 2. The molecule has 0 spiro atoms. The molecule has 0 aliphatic carbocycles. The third-order valence-electron chi connectivity index (χ3n) is 4.26. The first-order valence-electron chi connectivity index (χ1n) is 9.15. The molecule has 3 aromatic rings. The summed E-state index contributed by atoms with van der Waals surface area (Å²) >= 11 is 0. The molecule has 0 saturated heterocycles. The van der Waals surface area contributed by atoms with Crippen LogP contribution >= 0.6 is 0 Å². The standard InChI is InChI=1S/C19H16N6O7S/c1-11-9-12(2)21-19(20-11)23-33(31,32)15-6-3-13(4-7-15)22-18(26)16-8-5-14(24(27)28)10-17(16)25(29)30/h3-10H,1-2H3,(H,22,26)(H,20,21,23). The number of non-ortho nitro benzene ring substituents is 1. The Hall–Kier alpha value is -4.46. The van der Waals surface area contributed by atoms with Crippen LogP contribution in [0.2, 0.25) is 0 Å². The number of anilines is 2. The molecule has 3 rings (SSSR count). The van der Waals surface area contributed by atoms with E-state index in [9.17, 15) is 33.4 Å². The number of carbonyl (C=O) groups excluding carboxylic acids is 1. The fourth-order valence-electron chi connectivity index (χ4n) is 2.84. The number of amides is 1. The summed E-state index contributed by atoms with van der Waals surface area (Å²) < 4.78 is 27.4. The third kappa shape index (κ3) is 5.43. The lowest BCUT2D eigenvalue weighted by Crippen LogP contribution is -2.16. The number of hydrogen-bond acceptors (Lipinski definition) is 9. The van der Waals surface area contributed by atoms with Crippen LogP contribution in [0.5, 0.6) is 0 Å². The van der Waals surface area contributed by atoms with Crippen LogP contribution in [-0.2, 0) is 10.0 Å². The van der Waals surface area contributed by atoms with Crippen molar-refractivity contribution < 1.29 is 23.1 Å². The quantitative estimate of drug-likeness (QED) is 0.385. The van der Waals surface area contributed by atoms with Crippen molar-refractivity contribution in [3.63, 3.8) is 0 Å². The Morgan fingerprint density at radius 3 is 2.06 bits per heavy atom. The van der Waals surface area contributed by atoms with Gasteiger partial charge in [0, 0.05) is 23.1 Å². The Morgan fingerprint density at radius 1 is 0.909 bits per heavy atom. The average Bonchev–Trinajstić information content (AvgIpc) is 2.72. The van der Waals surface area contributed by atoms with Crippen molar-refractivity contribution >= 4 is 38.9 Å². The van der Waals surface area contributed by atoms with Gasteiger partial charge in [0.05, 0.1) is 20.8 Å². The van der Waals surface area contributed by atoms with Gasteiger partial charge in [-0.25, -0.2) is 23.1 Å². The molecule has 2 aromatic carbocycles. The van der Waals surface area contributed by atoms with Crippen LogP contribution in [0.15, 0.2) is 53.4 Å². The second-order valence-electron chi connectivity index (χ2n) is 6.77. The van der Waals surface area contributed by atoms with E-state index in [2.05, 4.69) is 20.0 Å². The number of carbonyl (C=O) groups is 1. The zero-order chi connectivity index (χ0) is 24.3. The number of sulfonamides is 1. The maximum atomic E-state index is 12.6. The molecule has 0 fully saturated rings. The first-order valence-corrected chi connectivity index (χ1v) is 10.6. The molecule has 14 heteroatoms. The molecule has 13 nitrogen and oxygen atoms in total. The van der Waals surface area contributed by atoms with E-state index in [0.29, 0.717) is 17.5 Å². The maximum absolute atomic E-state index is 12.6. The summed E-state index contributed by atoms with van der Waals surface area (Å²) in [6, 6.07) is 9.31. The summed E-state index contributed by atoms with van der Waals surface area (Å²) in [7, 11) is -4.02. The number of nitrogens with one attached hydrogen (secondary N) is 2. The van der Waals surface area contributed by atoms with Crippen molar-refractivity contribution in [3.8, 4) is 0 Å². The second kappa shape index (κ2) is 8.96. The van der Waals surface area contributed by atoms with Crippen LogP contribution in [0.25, 0.3) is 0 Å². The van der Waals surface area contributed by atoms with E-state index >= 15 is 0 Å². The number of benzene rings is 2. The van der Waals surface area contributed by atoms with E-state index < -0.39 is 42.7 Å². The zero-order valence-electron chi connectivity index (χ0n) is 17.2. The maximum Gasteiger partial charge on any atom is 0.289 e. The largest absolute Gasteiger partial charge is 0.322 e. The smallest absolute Gasteiger partial charge is 0.289 e. The van der Waals surface area contributed by atoms with Crippen LogP contribution < -0.4 is 10.0 Å². The molecule has 33 heavy (non-hydrogen) atoms. The van der Waals surface area contributed by atoms with Crippen molar-refractivity contribution in [2.45, 2.75) is 18.7 Å². The number of nitro benzene ring substituents is 2. The predicted molar refractivity (Wildman–Crippen MR) is 116 cm³/mol. The Morgan fingerprint density at radius 2 is 1.52 bits per heavy atom. The zero-order valence-corrected chi connectivity index (χ0v) is 18.0. The minimum atomic E-state index is -4.02. The van der Waals surface area contributed by atoms with E-state index in [1.807, 2.05) is 0 Å². The molecular weight excluding hydrogens is 456 g/mol. The summed E-state index contributed by atoms with van der Waals surface area (Å²) in [6.45, 7) is 3.39. The summed E-state index contributed by atoms with van der Waals surface area (Å²) in [5.74, 6) is -0.982. The molecule has 0 aliphatic heterocycles. The molecular formula is C19H16N6O7S. The van der Waals surface area contributed by atoms with E-state index in [0.717, 1.165) is 12.1 Å². The highest BCUT2D eigenvalue weighted by molar-refractivity contribution is 7.92. The minimum Gasteiger partial charge on any atom is -0.322 e. The number of rotatable bonds is 7. The average molecular weight is 472 g/mol. The van der Waals surface area contributed by atoms with Crippen molar-refractivity contribution in [3.05, 3.63) is 85.7 Å². The minimum absolute atomic E-state index is 0.0876. The summed E-state index contributed by atoms with van der Waals surface area (Å²) in [6.07, 6.45) is 0. The number of aromatic nitrogens is 2. The number of aryl methyl sites for hydroxylation is 2. The SMILES string of the molecule is Cc1cc(C)nc(NS(=O)(=O)c2ccc(NC(=O)c3ccc([N+](=O)[O-])cc3[N+](=O)[O-])cc2)n1. The highest BCUT2D eigenvalue weighted by Gasteiger charge is 2.24. The summed E-state index contributed by atoms with van der Waals surface area (Å²) in [5, 5.41) is 24.4. The molecule has 1 amide bonds. The Balaban J connectivity index is 1.80. The molecule has 170 valence electrons. The van der Waals surface area contributed by atoms with Gasteiger partial charge in [-0.15, -0.1) is 0 Å². The first kappa shape index (κ1) is 23.2. The van der Waals surface area contributed by atoms with Gasteiger partial charge in [0.15, 0.2) is 0 Å². The fourth-order valence-corrected chi connectivity index (χ4v) is 3.79. The Bertz CT molecular complexity index is 1350. The lowest BCUT2D eigenvalue weighted by molar-refractivity contribution is -0.394. The van der Waals surface area contributed by atoms with Gasteiger partial charge in [0.1, 0.15) is 5.56 Å².